The lowest BCUT2D eigenvalue weighted by molar-refractivity contribution is -0.384. The molecule has 144 valence electrons. The zero-order valence-corrected chi connectivity index (χ0v) is 14.6. The Morgan fingerprint density at radius 3 is 2.04 bits per heavy atom. The van der Waals surface area contributed by atoms with E-state index in [2.05, 4.69) is 0 Å². The van der Waals surface area contributed by atoms with Gasteiger partial charge in [0.15, 0.2) is 17.5 Å². The molecule has 3 rings (SSSR count). The van der Waals surface area contributed by atoms with Crippen LogP contribution in [0.1, 0.15) is 0 Å². The number of halogens is 3. The van der Waals surface area contributed by atoms with E-state index in [0.29, 0.717) is 17.8 Å². The summed E-state index contributed by atoms with van der Waals surface area (Å²) in [6, 6.07) is 7.06. The first-order valence-electron chi connectivity index (χ1n) is 7.85. The van der Waals surface area contributed by atoms with Crippen LogP contribution in [0.15, 0.2) is 41.3 Å². The highest BCUT2D eigenvalue weighted by Crippen LogP contribution is 2.26. The minimum absolute atomic E-state index is 0.00223. The first-order valence-corrected chi connectivity index (χ1v) is 9.29. The van der Waals surface area contributed by atoms with Crippen LogP contribution in [-0.4, -0.2) is 43.8 Å². The third kappa shape index (κ3) is 3.60. The number of nitrogens with zero attached hydrogens (tertiary/aromatic N) is 3. The van der Waals surface area contributed by atoms with Crippen molar-refractivity contribution in [2.24, 2.45) is 0 Å². The molecular formula is C16H14F3N3O4S. The molecule has 7 nitrogen and oxygen atoms in total. The number of nitro groups is 1. The van der Waals surface area contributed by atoms with Gasteiger partial charge in [0.1, 0.15) is 4.90 Å². The summed E-state index contributed by atoms with van der Waals surface area (Å²) in [5.41, 5.74) is 0.616. The van der Waals surface area contributed by atoms with Crippen molar-refractivity contribution < 1.29 is 26.5 Å². The van der Waals surface area contributed by atoms with Crippen LogP contribution >= 0.6 is 0 Å². The smallest absolute Gasteiger partial charge is 0.269 e. The molecule has 0 unspecified atom stereocenters. The first-order chi connectivity index (χ1) is 12.7. The number of nitro benzene ring substituents is 1. The van der Waals surface area contributed by atoms with Gasteiger partial charge < -0.3 is 4.90 Å². The number of piperazine rings is 1. The molecule has 1 saturated heterocycles. The molecule has 0 atom stereocenters. The third-order valence-corrected chi connectivity index (χ3v) is 6.20. The largest absolute Gasteiger partial charge is 0.369 e. The van der Waals surface area contributed by atoms with Crippen LogP contribution in [0.3, 0.4) is 0 Å². The van der Waals surface area contributed by atoms with Crippen molar-refractivity contribution in [1.29, 1.82) is 0 Å². The fourth-order valence-corrected chi connectivity index (χ4v) is 4.30. The Labute approximate surface area is 152 Å². The molecule has 0 aromatic heterocycles. The van der Waals surface area contributed by atoms with Crippen molar-refractivity contribution in [3.63, 3.8) is 0 Å². The van der Waals surface area contributed by atoms with Crippen molar-refractivity contribution in [2.75, 3.05) is 31.1 Å². The Bertz CT molecular complexity index is 975. The Hall–Kier alpha value is -2.66. The van der Waals surface area contributed by atoms with E-state index in [1.54, 1.807) is 12.1 Å². The molecule has 2 aromatic carbocycles. The summed E-state index contributed by atoms with van der Waals surface area (Å²) in [5.74, 6) is -5.04. The highest BCUT2D eigenvalue weighted by molar-refractivity contribution is 7.89. The molecule has 0 N–H and O–H groups in total. The normalized spacial score (nSPS) is 15.7. The van der Waals surface area contributed by atoms with Crippen LogP contribution in [0.2, 0.25) is 0 Å². The Kier molecular flexibility index (Phi) is 5.07. The van der Waals surface area contributed by atoms with Crippen LogP contribution in [0.25, 0.3) is 0 Å². The van der Waals surface area contributed by atoms with Crippen molar-refractivity contribution in [2.45, 2.75) is 4.90 Å². The minimum atomic E-state index is -4.32. The first kappa shape index (κ1) is 19.1. The second kappa shape index (κ2) is 7.16. The Balaban J connectivity index is 1.75. The fourth-order valence-electron chi connectivity index (χ4n) is 2.82. The summed E-state index contributed by atoms with van der Waals surface area (Å²) in [7, 11) is -4.32. The zero-order chi connectivity index (χ0) is 19.8. The molecule has 1 fully saturated rings. The van der Waals surface area contributed by atoms with E-state index >= 15 is 0 Å². The van der Waals surface area contributed by atoms with Gasteiger partial charge in [0.05, 0.1) is 4.92 Å². The molecule has 1 aliphatic rings. The van der Waals surface area contributed by atoms with Crippen LogP contribution in [0.5, 0.6) is 0 Å². The van der Waals surface area contributed by atoms with Gasteiger partial charge in [0, 0.05) is 44.0 Å². The van der Waals surface area contributed by atoms with E-state index in [9.17, 15) is 31.7 Å². The topological polar surface area (TPSA) is 83.8 Å². The van der Waals surface area contributed by atoms with Gasteiger partial charge in [-0.2, -0.15) is 4.31 Å². The second-order valence-electron chi connectivity index (χ2n) is 5.84. The van der Waals surface area contributed by atoms with Crippen LogP contribution in [-0.2, 0) is 10.0 Å². The van der Waals surface area contributed by atoms with Crippen molar-refractivity contribution in [3.8, 4) is 0 Å². The fraction of sp³-hybridized carbons (Fsp3) is 0.250. The average Bonchev–Trinajstić information content (AvgIpc) is 2.66. The zero-order valence-electron chi connectivity index (χ0n) is 13.8. The SMILES string of the molecule is O=[N+]([O-])c1ccc(N2CCN(S(=O)(=O)c3ccc(F)c(F)c3F)CC2)cc1. The summed E-state index contributed by atoms with van der Waals surface area (Å²) in [5, 5.41) is 10.7. The Morgan fingerprint density at radius 2 is 1.48 bits per heavy atom. The number of hydrogen-bond acceptors (Lipinski definition) is 5. The van der Waals surface area contributed by atoms with Gasteiger partial charge >= 0.3 is 0 Å². The number of anilines is 1. The monoisotopic (exact) mass is 401 g/mol. The Morgan fingerprint density at radius 1 is 0.889 bits per heavy atom. The number of rotatable bonds is 4. The van der Waals surface area contributed by atoms with E-state index in [0.717, 1.165) is 4.31 Å². The molecule has 0 aliphatic carbocycles. The average molecular weight is 401 g/mol. The lowest BCUT2D eigenvalue weighted by atomic mass is 10.2. The molecule has 0 spiro atoms. The lowest BCUT2D eigenvalue weighted by Crippen LogP contribution is -2.48. The molecule has 2 aromatic rings. The van der Waals surface area contributed by atoms with Crippen molar-refractivity contribution in [1.82, 2.24) is 4.31 Å². The van der Waals surface area contributed by atoms with E-state index in [4.69, 9.17) is 0 Å². The molecule has 0 radical (unpaired) electrons. The minimum Gasteiger partial charge on any atom is -0.369 e. The molecular weight excluding hydrogens is 387 g/mol. The van der Waals surface area contributed by atoms with Gasteiger partial charge in [-0.3, -0.25) is 10.1 Å². The number of benzene rings is 2. The number of hydrogen-bond donors (Lipinski definition) is 0. The van der Waals surface area contributed by atoms with Gasteiger partial charge in [-0.15, -0.1) is 0 Å². The van der Waals surface area contributed by atoms with Gasteiger partial charge in [0.25, 0.3) is 5.69 Å². The van der Waals surface area contributed by atoms with Crippen molar-refractivity contribution >= 4 is 21.4 Å². The maximum Gasteiger partial charge on any atom is 0.269 e. The van der Waals surface area contributed by atoms with E-state index < -0.39 is 37.3 Å². The molecule has 27 heavy (non-hydrogen) atoms. The quantitative estimate of drug-likeness (QED) is 0.447. The third-order valence-electron chi connectivity index (χ3n) is 4.28. The summed E-state index contributed by atoms with van der Waals surface area (Å²) >= 11 is 0. The molecule has 0 bridgehead atoms. The maximum atomic E-state index is 13.9. The van der Waals surface area contributed by atoms with Crippen LogP contribution in [0, 0.1) is 27.6 Å². The molecule has 0 amide bonds. The summed E-state index contributed by atoms with van der Waals surface area (Å²) in [4.78, 5) is 11.1. The lowest BCUT2D eigenvalue weighted by Gasteiger charge is -2.35. The highest BCUT2D eigenvalue weighted by Gasteiger charge is 2.32. The predicted molar refractivity (Wildman–Crippen MR) is 90.4 cm³/mol. The van der Waals surface area contributed by atoms with Gasteiger partial charge in [-0.05, 0) is 24.3 Å². The standard InChI is InChI=1S/C16H14F3N3O4S/c17-13-5-6-14(16(19)15(13)18)27(25,26)21-9-7-20(8-10-21)11-1-3-12(4-2-11)22(23)24/h1-6H,7-10H2. The summed E-state index contributed by atoms with van der Waals surface area (Å²) in [6.45, 7) is 0.500. The predicted octanol–water partition coefficient (Wildman–Crippen LogP) is 2.52. The van der Waals surface area contributed by atoms with Crippen molar-refractivity contribution in [3.05, 3.63) is 64.0 Å². The second-order valence-corrected chi connectivity index (χ2v) is 7.74. The summed E-state index contributed by atoms with van der Waals surface area (Å²) < 4.78 is 66.3. The van der Waals surface area contributed by atoms with Gasteiger partial charge in [0.2, 0.25) is 10.0 Å². The molecule has 1 heterocycles. The van der Waals surface area contributed by atoms with E-state index in [1.165, 1.54) is 12.1 Å². The van der Waals surface area contributed by atoms with E-state index in [1.807, 2.05) is 4.90 Å². The number of sulfonamides is 1. The molecule has 1 aliphatic heterocycles. The highest BCUT2D eigenvalue weighted by atomic mass is 32.2. The number of non-ortho nitro benzene ring substituents is 1. The van der Waals surface area contributed by atoms with Crippen LogP contribution in [0.4, 0.5) is 24.5 Å². The van der Waals surface area contributed by atoms with Crippen LogP contribution < -0.4 is 4.90 Å². The van der Waals surface area contributed by atoms with E-state index in [-0.39, 0.29) is 31.9 Å². The summed E-state index contributed by atoms with van der Waals surface area (Å²) in [6.07, 6.45) is 0. The molecule has 11 heteroatoms. The molecule has 0 saturated carbocycles. The van der Waals surface area contributed by atoms with Gasteiger partial charge in [-0.1, -0.05) is 0 Å². The van der Waals surface area contributed by atoms with Gasteiger partial charge in [-0.25, -0.2) is 21.6 Å². The maximum absolute atomic E-state index is 13.9.